The Bertz CT molecular complexity index is 193. The third-order valence-corrected chi connectivity index (χ3v) is 2.16. The van der Waals surface area contributed by atoms with Gasteiger partial charge in [-0.1, -0.05) is 38.0 Å². The molecule has 7 nitrogen and oxygen atoms in total. The minimum Gasteiger partial charge on any atom is -0.566 e. The van der Waals surface area contributed by atoms with Gasteiger partial charge < -0.3 is 5.11 Å². The maximum absolute atomic E-state index is 8.70. The fraction of sp³-hybridized carbons (Fsp3) is 0.875. The SMILES string of the molecule is O=[P+](O)O.O=[P+](O)O.O[CH-]CC1CCCCC1.[Na+].[Na+]. The van der Waals surface area contributed by atoms with Crippen molar-refractivity contribution >= 4 is 16.5 Å². The van der Waals surface area contributed by atoms with Crippen molar-refractivity contribution in [1.29, 1.82) is 0 Å². The molecule has 11 heteroatoms. The molecule has 1 aliphatic carbocycles. The zero-order valence-electron chi connectivity index (χ0n) is 11.3. The number of rotatable bonds is 2. The van der Waals surface area contributed by atoms with Crippen LogP contribution >= 0.6 is 16.5 Å². The van der Waals surface area contributed by atoms with Crippen LogP contribution in [-0.2, 0) is 9.13 Å². The van der Waals surface area contributed by atoms with Crippen molar-refractivity contribution in [2.45, 2.75) is 38.5 Å². The van der Waals surface area contributed by atoms with E-state index in [9.17, 15) is 0 Å². The molecule has 1 rings (SSSR count). The molecule has 0 amide bonds. The van der Waals surface area contributed by atoms with E-state index < -0.39 is 16.5 Å². The van der Waals surface area contributed by atoms with Crippen LogP contribution in [0.2, 0.25) is 0 Å². The van der Waals surface area contributed by atoms with Crippen molar-refractivity contribution < 1.29 is 92.9 Å². The molecular formula is C8H19Na2O7P2+3. The molecule has 0 spiro atoms. The van der Waals surface area contributed by atoms with Crippen LogP contribution in [0.3, 0.4) is 0 Å². The first-order valence-electron chi connectivity index (χ1n) is 5.06. The van der Waals surface area contributed by atoms with E-state index in [1.165, 1.54) is 38.7 Å². The maximum Gasteiger partial charge on any atom is 1.00 e. The predicted molar refractivity (Wildman–Crippen MR) is 61.5 cm³/mol. The average molecular weight is 335 g/mol. The third kappa shape index (κ3) is 38.3. The van der Waals surface area contributed by atoms with Gasteiger partial charge >= 0.3 is 75.6 Å². The number of hydrogen-bond acceptors (Lipinski definition) is 3. The second kappa shape index (κ2) is 22.3. The van der Waals surface area contributed by atoms with Crippen molar-refractivity contribution in [2.24, 2.45) is 5.92 Å². The Morgan fingerprint density at radius 1 is 0.895 bits per heavy atom. The summed E-state index contributed by atoms with van der Waals surface area (Å²) in [6.45, 7) is 1.32. The van der Waals surface area contributed by atoms with E-state index in [4.69, 9.17) is 33.8 Å². The Hall–Kier alpha value is 2.00. The zero-order chi connectivity index (χ0) is 13.7. The van der Waals surface area contributed by atoms with Crippen LogP contribution in [-0.4, -0.2) is 24.7 Å². The van der Waals surface area contributed by atoms with Gasteiger partial charge in [-0.2, -0.15) is 6.42 Å². The molecule has 1 aliphatic rings. The molecule has 0 heterocycles. The first-order chi connectivity index (χ1) is 7.90. The van der Waals surface area contributed by atoms with Crippen molar-refractivity contribution in [3.63, 3.8) is 0 Å². The number of aliphatic hydroxyl groups excluding tert-OH is 1. The minimum atomic E-state index is -2.87. The fourth-order valence-corrected chi connectivity index (χ4v) is 1.57. The van der Waals surface area contributed by atoms with Crippen LogP contribution in [0.25, 0.3) is 0 Å². The molecule has 0 unspecified atom stereocenters. The number of hydrogen-bond donors (Lipinski definition) is 5. The summed E-state index contributed by atoms with van der Waals surface area (Å²) in [5.41, 5.74) is 0. The van der Waals surface area contributed by atoms with Gasteiger partial charge in [0, 0.05) is 9.13 Å². The number of aliphatic hydroxyl groups is 1. The molecule has 0 aromatic carbocycles. The summed E-state index contributed by atoms with van der Waals surface area (Å²) in [7, 11) is -5.74. The smallest absolute Gasteiger partial charge is 0.566 e. The predicted octanol–water partition coefficient (Wildman–Crippen LogP) is -4.24. The van der Waals surface area contributed by atoms with E-state index in [1.807, 2.05) is 0 Å². The summed E-state index contributed by atoms with van der Waals surface area (Å²) >= 11 is 0. The molecular weight excluding hydrogens is 316 g/mol. The third-order valence-electron chi connectivity index (χ3n) is 2.16. The molecule has 0 saturated heterocycles. The van der Waals surface area contributed by atoms with Crippen molar-refractivity contribution in [2.75, 3.05) is 0 Å². The Kier molecular flexibility index (Phi) is 34.1. The summed E-state index contributed by atoms with van der Waals surface area (Å²) in [6.07, 6.45) is 7.73. The minimum absolute atomic E-state index is 0. The van der Waals surface area contributed by atoms with E-state index in [0.717, 1.165) is 12.3 Å². The normalized spacial score (nSPS) is 13.3. The van der Waals surface area contributed by atoms with Crippen LogP contribution in [0.4, 0.5) is 0 Å². The Labute approximate surface area is 159 Å². The molecule has 0 aromatic heterocycles. The quantitative estimate of drug-likeness (QED) is 0.196. The zero-order valence-corrected chi connectivity index (χ0v) is 17.1. The van der Waals surface area contributed by atoms with Gasteiger partial charge in [-0.15, -0.1) is 19.6 Å². The molecule has 0 aliphatic heterocycles. The monoisotopic (exact) mass is 335 g/mol. The van der Waals surface area contributed by atoms with Gasteiger partial charge in [-0.3, -0.25) is 0 Å². The summed E-state index contributed by atoms with van der Waals surface area (Å²) in [5.74, 6) is 0.795. The maximum atomic E-state index is 8.70. The van der Waals surface area contributed by atoms with Gasteiger partial charge in [-0.05, 0) is 0 Å². The topological polar surface area (TPSA) is 135 Å². The van der Waals surface area contributed by atoms with E-state index >= 15 is 0 Å². The second-order valence-corrected chi connectivity index (χ2v) is 4.44. The standard InChI is InChI=1S/C8H15O.2Na.2HO3P/c9-7-6-8-4-2-1-3-5-8;;;2*1-4(2)3/h7-9H,1-6H2;;;2*(H-,1,2,3)/q-1;2*+1;;/p+2. The second-order valence-electron chi connectivity index (χ2n) is 3.43. The van der Waals surface area contributed by atoms with E-state index in [2.05, 4.69) is 0 Å². The van der Waals surface area contributed by atoms with Crippen LogP contribution in [0.1, 0.15) is 38.5 Å². The van der Waals surface area contributed by atoms with Crippen LogP contribution < -0.4 is 59.1 Å². The summed E-state index contributed by atoms with van der Waals surface area (Å²) in [4.78, 5) is 28.5. The van der Waals surface area contributed by atoms with Crippen LogP contribution in [0.5, 0.6) is 0 Å². The van der Waals surface area contributed by atoms with Crippen LogP contribution in [0, 0.1) is 12.5 Å². The van der Waals surface area contributed by atoms with Crippen molar-refractivity contribution in [3.8, 4) is 0 Å². The summed E-state index contributed by atoms with van der Waals surface area (Å²) in [5, 5.41) is 8.49. The Morgan fingerprint density at radius 3 is 1.47 bits per heavy atom. The van der Waals surface area contributed by atoms with Crippen LogP contribution in [0.15, 0.2) is 0 Å². The van der Waals surface area contributed by atoms with Gasteiger partial charge in [0.05, 0.1) is 0 Å². The molecule has 19 heavy (non-hydrogen) atoms. The molecule has 1 saturated carbocycles. The van der Waals surface area contributed by atoms with Crippen molar-refractivity contribution in [1.82, 2.24) is 0 Å². The van der Waals surface area contributed by atoms with Gasteiger partial charge in [0.2, 0.25) is 0 Å². The molecule has 5 N–H and O–H groups in total. The van der Waals surface area contributed by atoms with Gasteiger partial charge in [0.1, 0.15) is 0 Å². The van der Waals surface area contributed by atoms with E-state index in [-0.39, 0.29) is 59.1 Å². The summed E-state index contributed by atoms with van der Waals surface area (Å²) in [6, 6.07) is 0. The molecule has 0 bridgehead atoms. The summed E-state index contributed by atoms with van der Waals surface area (Å²) < 4.78 is 17.4. The first-order valence-corrected chi connectivity index (χ1v) is 7.39. The fourth-order valence-electron chi connectivity index (χ4n) is 1.57. The largest absolute Gasteiger partial charge is 1.00 e. The Balaban J connectivity index is -0.0000000975. The molecule has 0 aromatic rings. The molecule has 0 atom stereocenters. The van der Waals surface area contributed by atoms with Gasteiger partial charge in [0.15, 0.2) is 0 Å². The van der Waals surface area contributed by atoms with E-state index in [1.54, 1.807) is 0 Å². The molecule has 0 radical (unpaired) electrons. The van der Waals surface area contributed by atoms with Gasteiger partial charge in [0.25, 0.3) is 0 Å². The molecule has 102 valence electrons. The Morgan fingerprint density at radius 2 is 1.21 bits per heavy atom. The van der Waals surface area contributed by atoms with E-state index in [0.29, 0.717) is 0 Å². The average Bonchev–Trinajstić information content (AvgIpc) is 2.18. The van der Waals surface area contributed by atoms with Gasteiger partial charge in [-0.25, -0.2) is 6.61 Å². The molecule has 1 fully saturated rings. The first kappa shape index (κ1) is 29.1. The van der Waals surface area contributed by atoms with Crippen molar-refractivity contribution in [3.05, 3.63) is 6.61 Å².